The smallest absolute Gasteiger partial charge is 0.310 e. The highest BCUT2D eigenvalue weighted by Crippen LogP contribution is 2.26. The van der Waals surface area contributed by atoms with Crippen molar-refractivity contribution in [1.29, 1.82) is 0 Å². The molecule has 1 heterocycles. The summed E-state index contributed by atoms with van der Waals surface area (Å²) in [5.74, 6) is 0.883. The number of carbonyl (C=O) groups is 1. The zero-order chi connectivity index (χ0) is 15.9. The molecule has 2 rings (SSSR count). The molecule has 0 unspecified atom stereocenters. The summed E-state index contributed by atoms with van der Waals surface area (Å²) in [4.78, 5) is 22.0. The monoisotopic (exact) mass is 322 g/mol. The normalized spacial score (nSPS) is 10.2. The Kier molecular flexibility index (Phi) is 5.42. The van der Waals surface area contributed by atoms with Crippen molar-refractivity contribution in [2.45, 2.75) is 6.61 Å². The van der Waals surface area contributed by atoms with E-state index in [4.69, 9.17) is 9.15 Å². The summed E-state index contributed by atoms with van der Waals surface area (Å²) in [6.07, 6.45) is 0. The lowest BCUT2D eigenvalue weighted by molar-refractivity contribution is -0.386. The molecule has 0 aliphatic rings. The fourth-order valence-corrected chi connectivity index (χ4v) is 1.82. The van der Waals surface area contributed by atoms with Crippen LogP contribution in [0.1, 0.15) is 16.3 Å². The summed E-state index contributed by atoms with van der Waals surface area (Å²) >= 11 is 3.99. The lowest BCUT2D eigenvalue weighted by Gasteiger charge is -2.04. The highest BCUT2D eigenvalue weighted by Gasteiger charge is 2.15. The highest BCUT2D eigenvalue weighted by atomic mass is 32.1. The third kappa shape index (κ3) is 4.01. The van der Waals surface area contributed by atoms with Gasteiger partial charge in [0.05, 0.1) is 4.92 Å². The van der Waals surface area contributed by atoms with Crippen molar-refractivity contribution in [3.63, 3.8) is 0 Å². The van der Waals surface area contributed by atoms with E-state index < -0.39 is 4.92 Å². The second-order valence-corrected chi connectivity index (χ2v) is 4.71. The van der Waals surface area contributed by atoms with E-state index in [-0.39, 0.29) is 29.7 Å². The number of ether oxygens (including phenoxy) is 1. The molecule has 1 aromatic heterocycles. The van der Waals surface area contributed by atoms with Crippen molar-refractivity contribution in [3.05, 3.63) is 58.0 Å². The maximum atomic E-state index is 11.7. The van der Waals surface area contributed by atoms with Gasteiger partial charge in [0.25, 0.3) is 5.91 Å². The molecule has 0 aliphatic heterocycles. The lowest BCUT2D eigenvalue weighted by Crippen LogP contribution is -2.24. The van der Waals surface area contributed by atoms with Gasteiger partial charge in [-0.15, -0.1) is 0 Å². The molecule has 0 radical (unpaired) electrons. The molecule has 0 spiro atoms. The van der Waals surface area contributed by atoms with E-state index in [2.05, 4.69) is 17.9 Å². The molecule has 0 saturated heterocycles. The molecule has 1 aromatic carbocycles. The van der Waals surface area contributed by atoms with Crippen LogP contribution >= 0.6 is 12.6 Å². The summed E-state index contributed by atoms with van der Waals surface area (Å²) in [5.41, 5.74) is -0.124. The second-order valence-electron chi connectivity index (χ2n) is 4.26. The molecule has 22 heavy (non-hydrogen) atoms. The number of benzene rings is 1. The van der Waals surface area contributed by atoms with Crippen molar-refractivity contribution >= 4 is 24.2 Å². The topological polar surface area (TPSA) is 94.6 Å². The Morgan fingerprint density at radius 2 is 2.09 bits per heavy atom. The van der Waals surface area contributed by atoms with Crippen LogP contribution in [0, 0.1) is 10.1 Å². The number of amides is 1. The minimum atomic E-state index is -0.520. The fraction of sp³-hybridized carbons (Fsp3) is 0.214. The summed E-state index contributed by atoms with van der Waals surface area (Å²) in [6.45, 7) is 0.426. The molecule has 1 amide bonds. The van der Waals surface area contributed by atoms with Crippen LogP contribution in [0.4, 0.5) is 5.69 Å². The minimum absolute atomic E-state index is 0.00922. The van der Waals surface area contributed by atoms with E-state index >= 15 is 0 Å². The number of hydrogen-bond donors (Lipinski definition) is 2. The quantitative estimate of drug-likeness (QED) is 0.464. The highest BCUT2D eigenvalue weighted by molar-refractivity contribution is 7.80. The van der Waals surface area contributed by atoms with Gasteiger partial charge in [-0.2, -0.15) is 12.6 Å². The number of hydrogen-bond acceptors (Lipinski definition) is 6. The van der Waals surface area contributed by atoms with Gasteiger partial charge in [-0.25, -0.2) is 0 Å². The Labute approximate surface area is 131 Å². The van der Waals surface area contributed by atoms with Crippen LogP contribution < -0.4 is 10.1 Å². The van der Waals surface area contributed by atoms with Gasteiger partial charge in [-0.3, -0.25) is 14.9 Å². The van der Waals surface area contributed by atoms with E-state index in [1.807, 2.05) is 0 Å². The van der Waals surface area contributed by atoms with E-state index in [1.165, 1.54) is 18.2 Å². The fourth-order valence-electron chi connectivity index (χ4n) is 1.71. The molecule has 7 nitrogen and oxygen atoms in total. The minimum Gasteiger partial charge on any atom is -0.479 e. The Bertz CT molecular complexity index is 671. The van der Waals surface area contributed by atoms with Crippen molar-refractivity contribution in [3.8, 4) is 5.75 Å². The van der Waals surface area contributed by atoms with Crippen LogP contribution in [-0.2, 0) is 6.61 Å². The summed E-state index contributed by atoms with van der Waals surface area (Å²) < 4.78 is 10.7. The van der Waals surface area contributed by atoms with E-state index in [0.29, 0.717) is 18.1 Å². The van der Waals surface area contributed by atoms with Crippen molar-refractivity contribution in [2.24, 2.45) is 0 Å². The van der Waals surface area contributed by atoms with Crippen LogP contribution in [0.5, 0.6) is 5.75 Å². The number of carbonyl (C=O) groups excluding carboxylic acids is 1. The molecular formula is C14H14N2O5S. The molecule has 116 valence electrons. The predicted molar refractivity (Wildman–Crippen MR) is 82.3 cm³/mol. The van der Waals surface area contributed by atoms with Crippen LogP contribution in [0.3, 0.4) is 0 Å². The van der Waals surface area contributed by atoms with E-state index in [1.54, 1.807) is 18.2 Å². The van der Waals surface area contributed by atoms with E-state index in [9.17, 15) is 14.9 Å². The molecule has 8 heteroatoms. The van der Waals surface area contributed by atoms with Crippen LogP contribution in [0.25, 0.3) is 0 Å². The van der Waals surface area contributed by atoms with E-state index in [0.717, 1.165) is 0 Å². The predicted octanol–water partition coefficient (Wildman–Crippen LogP) is 2.43. The maximum absolute atomic E-state index is 11.7. The number of para-hydroxylation sites is 2. The molecule has 0 aliphatic carbocycles. The largest absolute Gasteiger partial charge is 0.479 e. The van der Waals surface area contributed by atoms with Crippen LogP contribution in [0.2, 0.25) is 0 Å². The van der Waals surface area contributed by atoms with Crippen molar-refractivity contribution < 1.29 is 18.9 Å². The Balaban J connectivity index is 2.00. The average Bonchev–Trinajstić information content (AvgIpc) is 2.99. The SMILES string of the molecule is O=C(NCCS)c1ccc(COc2ccccc2[N+](=O)[O-])o1. The van der Waals surface area contributed by atoms with Gasteiger partial charge in [0, 0.05) is 18.4 Å². The van der Waals surface area contributed by atoms with Gasteiger partial charge in [0.1, 0.15) is 12.4 Å². The molecule has 0 saturated carbocycles. The van der Waals surface area contributed by atoms with Gasteiger partial charge < -0.3 is 14.5 Å². The third-order valence-electron chi connectivity index (χ3n) is 2.71. The van der Waals surface area contributed by atoms with Crippen molar-refractivity contribution in [2.75, 3.05) is 12.3 Å². The average molecular weight is 322 g/mol. The number of nitrogens with one attached hydrogen (secondary N) is 1. The van der Waals surface area contributed by atoms with Crippen LogP contribution in [0.15, 0.2) is 40.8 Å². The standard InChI is InChI=1S/C14H14N2O5S/c17-14(15-7-8-22)13-6-5-10(21-13)9-20-12-4-2-1-3-11(12)16(18)19/h1-6,22H,7-9H2,(H,15,17). The Hall–Kier alpha value is -2.48. The zero-order valence-corrected chi connectivity index (χ0v) is 12.4. The summed E-state index contributed by atoms with van der Waals surface area (Å²) in [5, 5.41) is 13.5. The van der Waals surface area contributed by atoms with Crippen LogP contribution in [-0.4, -0.2) is 23.1 Å². The first-order chi connectivity index (χ1) is 10.6. The van der Waals surface area contributed by atoms with Crippen molar-refractivity contribution in [1.82, 2.24) is 5.32 Å². The zero-order valence-electron chi connectivity index (χ0n) is 11.5. The number of furan rings is 1. The number of nitrogens with zero attached hydrogens (tertiary/aromatic N) is 1. The number of nitro groups is 1. The van der Waals surface area contributed by atoms with Gasteiger partial charge in [0.2, 0.25) is 0 Å². The van der Waals surface area contributed by atoms with Gasteiger partial charge in [-0.05, 0) is 18.2 Å². The third-order valence-corrected chi connectivity index (χ3v) is 2.94. The van der Waals surface area contributed by atoms with Gasteiger partial charge >= 0.3 is 5.69 Å². The molecular weight excluding hydrogens is 308 g/mol. The molecule has 0 atom stereocenters. The molecule has 0 bridgehead atoms. The Morgan fingerprint density at radius 1 is 1.32 bits per heavy atom. The second kappa shape index (κ2) is 7.51. The first-order valence-corrected chi connectivity index (χ1v) is 7.09. The molecule has 0 fully saturated rings. The number of rotatable bonds is 7. The first-order valence-electron chi connectivity index (χ1n) is 6.46. The molecule has 2 aromatic rings. The summed E-state index contributed by atoms with van der Waals surface area (Å²) in [6, 6.07) is 9.16. The maximum Gasteiger partial charge on any atom is 0.310 e. The molecule has 1 N–H and O–H groups in total. The lowest BCUT2D eigenvalue weighted by atomic mass is 10.3. The first kappa shape index (κ1) is 15.9. The number of nitro benzene ring substituents is 1. The van der Waals surface area contributed by atoms with Gasteiger partial charge in [-0.1, -0.05) is 12.1 Å². The Morgan fingerprint density at radius 3 is 2.82 bits per heavy atom. The van der Waals surface area contributed by atoms with Gasteiger partial charge in [0.15, 0.2) is 11.5 Å². The number of thiol groups is 1. The summed E-state index contributed by atoms with van der Waals surface area (Å²) in [7, 11) is 0.